The molecule has 2 saturated heterocycles. The highest BCUT2D eigenvalue weighted by Gasteiger charge is 2.45. The van der Waals surface area contributed by atoms with Crippen molar-refractivity contribution in [1.82, 2.24) is 15.5 Å². The van der Waals surface area contributed by atoms with Gasteiger partial charge in [0, 0.05) is 31.5 Å². The fraction of sp³-hybridized carbons (Fsp3) is 0.880. The second-order valence-corrected chi connectivity index (χ2v) is 10.7. The Kier molecular flexibility index (Phi) is 9.38. The van der Waals surface area contributed by atoms with Crippen molar-refractivity contribution in [3.63, 3.8) is 0 Å². The molecule has 1 saturated carbocycles. The predicted molar refractivity (Wildman–Crippen MR) is 124 cm³/mol. The molecule has 0 radical (unpaired) electrons. The molecule has 182 valence electrons. The smallest absolute Gasteiger partial charge is 0.304 e. The van der Waals surface area contributed by atoms with Gasteiger partial charge in [-0.2, -0.15) is 0 Å². The summed E-state index contributed by atoms with van der Waals surface area (Å²) in [5.41, 5.74) is 0. The van der Waals surface area contributed by atoms with Gasteiger partial charge in [0.1, 0.15) is 0 Å². The number of nitrogens with one attached hydrogen (secondary N) is 2. The van der Waals surface area contributed by atoms with Gasteiger partial charge in [0.25, 0.3) is 0 Å². The summed E-state index contributed by atoms with van der Waals surface area (Å²) in [6, 6.07) is 0.466. The minimum Gasteiger partial charge on any atom is -0.481 e. The van der Waals surface area contributed by atoms with Crippen molar-refractivity contribution < 1.29 is 19.5 Å². The van der Waals surface area contributed by atoms with Crippen LogP contribution < -0.4 is 10.6 Å². The van der Waals surface area contributed by atoms with Crippen LogP contribution in [0.5, 0.6) is 0 Å². The van der Waals surface area contributed by atoms with Crippen LogP contribution in [-0.2, 0) is 14.4 Å². The van der Waals surface area contributed by atoms with Gasteiger partial charge in [0.05, 0.1) is 12.6 Å². The van der Waals surface area contributed by atoms with Gasteiger partial charge in [-0.25, -0.2) is 0 Å². The zero-order valence-corrected chi connectivity index (χ0v) is 20.0. The summed E-state index contributed by atoms with van der Waals surface area (Å²) in [6.07, 6.45) is 10.6. The van der Waals surface area contributed by atoms with E-state index in [-0.39, 0.29) is 30.3 Å². The van der Waals surface area contributed by atoms with Crippen molar-refractivity contribution in [2.75, 3.05) is 13.1 Å². The number of carbonyl (C=O) groups excluding carboxylic acids is 2. The molecule has 7 nitrogen and oxygen atoms in total. The number of aliphatic carboxylic acids is 1. The molecule has 32 heavy (non-hydrogen) atoms. The van der Waals surface area contributed by atoms with Crippen LogP contribution >= 0.6 is 0 Å². The van der Waals surface area contributed by atoms with Crippen molar-refractivity contribution in [1.29, 1.82) is 0 Å². The number of hydrogen-bond acceptors (Lipinski definition) is 4. The molecule has 1 aliphatic carbocycles. The van der Waals surface area contributed by atoms with E-state index in [1.54, 1.807) is 0 Å². The van der Waals surface area contributed by atoms with Crippen molar-refractivity contribution in [2.24, 2.45) is 23.7 Å². The number of amides is 2. The van der Waals surface area contributed by atoms with Gasteiger partial charge in [-0.3, -0.25) is 19.3 Å². The van der Waals surface area contributed by atoms with Crippen molar-refractivity contribution in [3.8, 4) is 0 Å². The highest BCUT2D eigenvalue weighted by molar-refractivity contribution is 5.83. The monoisotopic (exact) mass is 449 g/mol. The van der Waals surface area contributed by atoms with Crippen molar-refractivity contribution >= 4 is 17.8 Å². The van der Waals surface area contributed by atoms with Crippen LogP contribution in [-0.4, -0.2) is 53.1 Å². The molecule has 2 heterocycles. The molecule has 2 aliphatic heterocycles. The van der Waals surface area contributed by atoms with Gasteiger partial charge in [-0.1, -0.05) is 33.1 Å². The van der Waals surface area contributed by atoms with E-state index < -0.39 is 11.9 Å². The zero-order chi connectivity index (χ0) is 23.1. The molecule has 3 fully saturated rings. The van der Waals surface area contributed by atoms with Gasteiger partial charge in [0.2, 0.25) is 11.8 Å². The lowest BCUT2D eigenvalue weighted by Crippen LogP contribution is -2.53. The molecular formula is C25H43N3O4. The number of fused-ring (bicyclic) bond motifs is 5. The molecule has 0 aromatic rings. The first-order valence-corrected chi connectivity index (χ1v) is 12.9. The summed E-state index contributed by atoms with van der Waals surface area (Å²) in [7, 11) is 0. The summed E-state index contributed by atoms with van der Waals surface area (Å²) in [6.45, 7) is 5.73. The first-order valence-electron chi connectivity index (χ1n) is 12.9. The molecule has 5 unspecified atom stereocenters. The topological polar surface area (TPSA) is 98.7 Å². The van der Waals surface area contributed by atoms with Crippen molar-refractivity contribution in [3.05, 3.63) is 0 Å². The van der Waals surface area contributed by atoms with Gasteiger partial charge in [-0.05, 0) is 62.7 Å². The Bertz CT molecular complexity index is 653. The number of hydrogen-bond donors (Lipinski definition) is 3. The third-order valence-electron chi connectivity index (χ3n) is 7.73. The minimum atomic E-state index is -0.911. The van der Waals surface area contributed by atoms with E-state index in [0.717, 1.165) is 51.6 Å². The highest BCUT2D eigenvalue weighted by atomic mass is 16.4. The molecule has 6 atom stereocenters. The molecule has 7 heteroatoms. The molecule has 3 N–H and O–H groups in total. The number of carboxylic acids is 1. The second-order valence-electron chi connectivity index (χ2n) is 10.7. The lowest BCUT2D eigenvalue weighted by Gasteiger charge is -2.38. The first-order chi connectivity index (χ1) is 15.3. The minimum absolute atomic E-state index is 0.0361. The third kappa shape index (κ3) is 6.93. The highest BCUT2D eigenvalue weighted by Crippen LogP contribution is 2.43. The van der Waals surface area contributed by atoms with E-state index in [0.29, 0.717) is 30.7 Å². The van der Waals surface area contributed by atoms with Gasteiger partial charge in [0.15, 0.2) is 0 Å². The Hall–Kier alpha value is -1.63. The molecule has 3 rings (SSSR count). The second kappa shape index (κ2) is 12.0. The molecule has 2 amide bonds. The van der Waals surface area contributed by atoms with Gasteiger partial charge < -0.3 is 15.7 Å². The fourth-order valence-electron chi connectivity index (χ4n) is 6.24. The lowest BCUT2D eigenvalue weighted by atomic mass is 9.78. The molecule has 0 spiro atoms. The summed E-state index contributed by atoms with van der Waals surface area (Å²) < 4.78 is 0. The van der Waals surface area contributed by atoms with Crippen LogP contribution in [0.2, 0.25) is 0 Å². The van der Waals surface area contributed by atoms with E-state index in [1.165, 1.54) is 19.3 Å². The Morgan fingerprint density at radius 1 is 1.09 bits per heavy atom. The van der Waals surface area contributed by atoms with E-state index in [1.807, 2.05) is 13.8 Å². The zero-order valence-electron chi connectivity index (χ0n) is 20.0. The standard InChI is InChI=1S/C25H43N3O4/c1-17(2)14-19(15-24(30)31)25(32)27-22-10-4-3-7-13-26-23(29)12-11-18-16-28(22)21-9-6-5-8-20(18)21/h17-22H,3-16H2,1-2H3,(H,26,29)(H,27,32)(H,30,31)/t18?,19-,20?,21?,22?/m1/s1. The van der Waals surface area contributed by atoms with Crippen LogP contribution in [0.3, 0.4) is 0 Å². The molecule has 3 aliphatic rings. The summed E-state index contributed by atoms with van der Waals surface area (Å²) >= 11 is 0. The maximum Gasteiger partial charge on any atom is 0.304 e. The van der Waals surface area contributed by atoms with Crippen LogP contribution in [0.1, 0.15) is 90.9 Å². The van der Waals surface area contributed by atoms with Crippen LogP contribution in [0.15, 0.2) is 0 Å². The third-order valence-corrected chi connectivity index (χ3v) is 7.73. The van der Waals surface area contributed by atoms with Crippen LogP contribution in [0.25, 0.3) is 0 Å². The Balaban J connectivity index is 1.77. The number of carbonyl (C=O) groups is 3. The molecule has 2 bridgehead atoms. The van der Waals surface area contributed by atoms with Crippen LogP contribution in [0, 0.1) is 23.7 Å². The van der Waals surface area contributed by atoms with Crippen LogP contribution in [0.4, 0.5) is 0 Å². The van der Waals surface area contributed by atoms with E-state index in [2.05, 4.69) is 15.5 Å². The maximum atomic E-state index is 13.2. The van der Waals surface area contributed by atoms with E-state index in [4.69, 9.17) is 0 Å². The summed E-state index contributed by atoms with van der Waals surface area (Å²) in [5.74, 6) is 0.0364. The van der Waals surface area contributed by atoms with Gasteiger partial charge in [-0.15, -0.1) is 0 Å². The van der Waals surface area contributed by atoms with Crippen molar-refractivity contribution in [2.45, 2.75) is 103 Å². The Morgan fingerprint density at radius 2 is 1.84 bits per heavy atom. The largest absolute Gasteiger partial charge is 0.481 e. The fourth-order valence-corrected chi connectivity index (χ4v) is 6.24. The first kappa shape index (κ1) is 25.0. The Labute approximate surface area is 193 Å². The Morgan fingerprint density at radius 3 is 2.59 bits per heavy atom. The average Bonchev–Trinajstić information content (AvgIpc) is 3.11. The number of carboxylic acid groups (broad SMARTS) is 1. The van der Waals surface area contributed by atoms with E-state index >= 15 is 0 Å². The van der Waals surface area contributed by atoms with E-state index in [9.17, 15) is 19.5 Å². The number of rotatable bonds is 6. The predicted octanol–water partition coefficient (Wildman–Crippen LogP) is 3.53. The summed E-state index contributed by atoms with van der Waals surface area (Å²) in [4.78, 5) is 39.4. The summed E-state index contributed by atoms with van der Waals surface area (Å²) in [5, 5.41) is 15.7. The molecule has 0 aromatic carbocycles. The molecular weight excluding hydrogens is 406 g/mol. The lowest BCUT2D eigenvalue weighted by molar-refractivity contribution is -0.142. The number of nitrogens with zero attached hydrogens (tertiary/aromatic N) is 1. The normalized spacial score (nSPS) is 32.6. The maximum absolute atomic E-state index is 13.2. The quantitative estimate of drug-likeness (QED) is 0.576. The van der Waals surface area contributed by atoms with Gasteiger partial charge >= 0.3 is 5.97 Å². The SMILES string of the molecule is CC(C)C[C@H](CC(=O)O)C(=O)NC1CCCCCNC(=O)CCC2CN1C1CCCCC21. The average molecular weight is 450 g/mol. The molecule has 0 aromatic heterocycles.